The third-order valence-electron chi connectivity index (χ3n) is 3.18. The van der Waals surface area contributed by atoms with E-state index in [9.17, 15) is 5.11 Å². The lowest BCUT2D eigenvalue weighted by Gasteiger charge is -2.27. The van der Waals surface area contributed by atoms with Crippen molar-refractivity contribution >= 4 is 15.9 Å². The second-order valence-electron chi connectivity index (χ2n) is 4.40. The second-order valence-corrected chi connectivity index (χ2v) is 5.19. The van der Waals surface area contributed by atoms with Crippen LogP contribution in [0, 0.1) is 12.8 Å². The lowest BCUT2D eigenvalue weighted by Crippen LogP contribution is -2.24. The van der Waals surface area contributed by atoms with Crippen LogP contribution in [-0.2, 0) is 4.74 Å². The Labute approximate surface area is 105 Å². The van der Waals surface area contributed by atoms with Crippen molar-refractivity contribution in [3.8, 4) is 0 Å². The summed E-state index contributed by atoms with van der Waals surface area (Å²) >= 11 is 3.55. The Kier molecular flexibility index (Phi) is 4.00. The van der Waals surface area contributed by atoms with Gasteiger partial charge in [-0.1, -0.05) is 34.1 Å². The summed E-state index contributed by atoms with van der Waals surface area (Å²) in [6.07, 6.45) is 1.67. The van der Waals surface area contributed by atoms with Crippen LogP contribution < -0.4 is 0 Å². The summed E-state index contributed by atoms with van der Waals surface area (Å²) in [5.41, 5.74) is 2.14. The molecule has 1 aliphatic rings. The minimum Gasteiger partial charge on any atom is -0.388 e. The minimum atomic E-state index is -0.422. The van der Waals surface area contributed by atoms with Gasteiger partial charge in [-0.15, -0.1) is 0 Å². The van der Waals surface area contributed by atoms with E-state index in [1.807, 2.05) is 25.1 Å². The molecule has 1 saturated heterocycles. The molecule has 2 rings (SSSR count). The Morgan fingerprint density at radius 3 is 3.00 bits per heavy atom. The zero-order chi connectivity index (χ0) is 11.5. The fourth-order valence-electron chi connectivity index (χ4n) is 2.17. The quantitative estimate of drug-likeness (QED) is 0.904. The van der Waals surface area contributed by atoms with Crippen molar-refractivity contribution in [2.75, 3.05) is 13.2 Å². The number of halogens is 1. The zero-order valence-electron chi connectivity index (χ0n) is 9.45. The number of ether oxygens (including phenoxy) is 1. The van der Waals surface area contributed by atoms with Crippen LogP contribution in [-0.4, -0.2) is 18.3 Å². The Bertz CT molecular complexity index is 359. The molecule has 1 N–H and O–H groups in total. The van der Waals surface area contributed by atoms with Crippen LogP contribution in [0.1, 0.15) is 30.1 Å². The molecule has 0 spiro atoms. The standard InChI is InChI=1S/C13H17BrO2/c1-9-4-2-6-11(12(9)14)13(15)10-5-3-7-16-8-10/h2,4,6,10,13,15H,3,5,7-8H2,1H3. The highest BCUT2D eigenvalue weighted by molar-refractivity contribution is 9.10. The van der Waals surface area contributed by atoms with Gasteiger partial charge in [-0.25, -0.2) is 0 Å². The van der Waals surface area contributed by atoms with Crippen LogP contribution in [0.2, 0.25) is 0 Å². The molecule has 88 valence electrons. The first-order valence-corrected chi connectivity index (χ1v) is 6.50. The van der Waals surface area contributed by atoms with Crippen molar-refractivity contribution in [1.29, 1.82) is 0 Å². The van der Waals surface area contributed by atoms with Gasteiger partial charge in [0.25, 0.3) is 0 Å². The van der Waals surface area contributed by atoms with Crippen molar-refractivity contribution < 1.29 is 9.84 Å². The molecule has 0 aromatic heterocycles. The van der Waals surface area contributed by atoms with E-state index in [2.05, 4.69) is 15.9 Å². The van der Waals surface area contributed by atoms with E-state index in [4.69, 9.17) is 4.74 Å². The van der Waals surface area contributed by atoms with Crippen molar-refractivity contribution in [1.82, 2.24) is 0 Å². The van der Waals surface area contributed by atoms with E-state index in [1.54, 1.807) is 0 Å². The maximum atomic E-state index is 10.3. The molecule has 2 nitrogen and oxygen atoms in total. The molecule has 0 bridgehead atoms. The monoisotopic (exact) mass is 284 g/mol. The van der Waals surface area contributed by atoms with E-state index < -0.39 is 6.10 Å². The Morgan fingerprint density at radius 1 is 1.50 bits per heavy atom. The lowest BCUT2D eigenvalue weighted by atomic mass is 9.90. The number of hydrogen-bond donors (Lipinski definition) is 1. The Hall–Kier alpha value is -0.380. The molecular weight excluding hydrogens is 268 g/mol. The lowest BCUT2D eigenvalue weighted by molar-refractivity contribution is -0.0102. The number of aliphatic hydroxyl groups excluding tert-OH is 1. The molecule has 1 aliphatic heterocycles. The summed E-state index contributed by atoms with van der Waals surface area (Å²) in [6, 6.07) is 6.01. The number of aliphatic hydroxyl groups is 1. The molecule has 3 heteroatoms. The second kappa shape index (κ2) is 5.30. The number of hydrogen-bond acceptors (Lipinski definition) is 2. The smallest absolute Gasteiger partial charge is 0.0851 e. The van der Waals surface area contributed by atoms with Gasteiger partial charge in [0.2, 0.25) is 0 Å². The van der Waals surface area contributed by atoms with Crippen molar-refractivity contribution in [3.05, 3.63) is 33.8 Å². The number of aryl methyl sites for hydroxylation is 1. The molecule has 0 saturated carbocycles. The highest BCUT2D eigenvalue weighted by Crippen LogP contribution is 2.34. The molecule has 1 aromatic rings. The molecule has 2 atom stereocenters. The highest BCUT2D eigenvalue weighted by atomic mass is 79.9. The molecule has 1 fully saturated rings. The zero-order valence-corrected chi connectivity index (χ0v) is 11.0. The molecule has 2 unspecified atom stereocenters. The van der Waals surface area contributed by atoms with Gasteiger partial charge >= 0.3 is 0 Å². The summed E-state index contributed by atoms with van der Waals surface area (Å²) in [4.78, 5) is 0. The third kappa shape index (κ3) is 2.47. The first-order valence-electron chi connectivity index (χ1n) is 5.71. The SMILES string of the molecule is Cc1cccc(C(O)C2CCCOC2)c1Br. The normalized spacial score (nSPS) is 23.1. The molecule has 16 heavy (non-hydrogen) atoms. The fraction of sp³-hybridized carbons (Fsp3) is 0.538. The maximum absolute atomic E-state index is 10.3. The van der Waals surface area contributed by atoms with Crippen molar-refractivity contribution in [2.45, 2.75) is 25.9 Å². The van der Waals surface area contributed by atoms with Gasteiger partial charge in [0, 0.05) is 17.0 Å². The van der Waals surface area contributed by atoms with Gasteiger partial charge in [-0.3, -0.25) is 0 Å². The van der Waals surface area contributed by atoms with E-state index in [1.165, 1.54) is 0 Å². The largest absolute Gasteiger partial charge is 0.388 e. The van der Waals surface area contributed by atoms with Gasteiger partial charge in [-0.2, -0.15) is 0 Å². The molecule has 1 aromatic carbocycles. The predicted octanol–water partition coefficient (Wildman–Crippen LogP) is 3.22. The summed E-state index contributed by atoms with van der Waals surface area (Å²) in [6.45, 7) is 3.54. The highest BCUT2D eigenvalue weighted by Gasteiger charge is 2.25. The average Bonchev–Trinajstić information content (AvgIpc) is 2.33. The van der Waals surface area contributed by atoms with Gasteiger partial charge in [0.05, 0.1) is 12.7 Å². The van der Waals surface area contributed by atoms with Crippen LogP contribution in [0.15, 0.2) is 22.7 Å². The summed E-state index contributed by atoms with van der Waals surface area (Å²) in [5.74, 6) is 0.229. The minimum absolute atomic E-state index is 0.229. The van der Waals surface area contributed by atoms with E-state index >= 15 is 0 Å². The summed E-state index contributed by atoms with van der Waals surface area (Å²) in [7, 11) is 0. The van der Waals surface area contributed by atoms with Gasteiger partial charge in [0.1, 0.15) is 0 Å². The van der Waals surface area contributed by atoms with Crippen molar-refractivity contribution in [3.63, 3.8) is 0 Å². The van der Waals surface area contributed by atoms with Crippen molar-refractivity contribution in [2.24, 2.45) is 5.92 Å². The fourth-order valence-corrected chi connectivity index (χ4v) is 2.67. The molecule has 0 aliphatic carbocycles. The predicted molar refractivity (Wildman–Crippen MR) is 67.4 cm³/mol. The van der Waals surface area contributed by atoms with Gasteiger partial charge < -0.3 is 9.84 Å². The molecule has 1 heterocycles. The Balaban J connectivity index is 2.19. The van der Waals surface area contributed by atoms with Crippen LogP contribution in [0.4, 0.5) is 0 Å². The molecule has 0 amide bonds. The van der Waals surface area contributed by atoms with Crippen LogP contribution in [0.5, 0.6) is 0 Å². The van der Waals surface area contributed by atoms with E-state index in [-0.39, 0.29) is 5.92 Å². The summed E-state index contributed by atoms with van der Waals surface area (Å²) < 4.78 is 6.44. The first kappa shape index (κ1) is 12.1. The van der Waals surface area contributed by atoms with Crippen LogP contribution in [0.3, 0.4) is 0 Å². The number of benzene rings is 1. The van der Waals surface area contributed by atoms with Gasteiger partial charge in [0.15, 0.2) is 0 Å². The molecular formula is C13H17BrO2. The topological polar surface area (TPSA) is 29.5 Å². The summed E-state index contributed by atoms with van der Waals surface area (Å²) in [5, 5.41) is 10.3. The Morgan fingerprint density at radius 2 is 2.31 bits per heavy atom. The van der Waals surface area contributed by atoms with Crippen LogP contribution in [0.25, 0.3) is 0 Å². The maximum Gasteiger partial charge on any atom is 0.0851 e. The van der Waals surface area contributed by atoms with Crippen LogP contribution >= 0.6 is 15.9 Å². The molecule has 0 radical (unpaired) electrons. The van der Waals surface area contributed by atoms with E-state index in [0.717, 1.165) is 35.0 Å². The average molecular weight is 285 g/mol. The van der Waals surface area contributed by atoms with E-state index in [0.29, 0.717) is 6.61 Å². The van der Waals surface area contributed by atoms with Gasteiger partial charge in [-0.05, 0) is 30.9 Å². The third-order valence-corrected chi connectivity index (χ3v) is 4.27. The number of rotatable bonds is 2. The first-order chi connectivity index (χ1) is 7.70.